The highest BCUT2D eigenvalue weighted by Gasteiger charge is 2.25. The smallest absolute Gasteiger partial charge is 0.408 e. The monoisotopic (exact) mass is 343 g/mol. The Morgan fingerprint density at radius 1 is 0.958 bits per heavy atom. The highest BCUT2D eigenvalue weighted by molar-refractivity contribution is 5.68. The van der Waals surface area contributed by atoms with Crippen molar-refractivity contribution in [2.75, 3.05) is 0 Å². The molecule has 0 aliphatic heterocycles. The molecule has 1 rings (SSSR count). The van der Waals surface area contributed by atoms with Crippen LogP contribution in [-0.2, 0) is 9.47 Å². The van der Waals surface area contributed by atoms with Crippen molar-refractivity contribution in [2.45, 2.75) is 97.2 Å². The summed E-state index contributed by atoms with van der Waals surface area (Å²) in [6, 6.07) is 0.461. The van der Waals surface area contributed by atoms with Crippen LogP contribution in [0.1, 0.15) is 67.2 Å². The molecule has 1 fully saturated rings. The number of rotatable bonds is 5. The Hall–Kier alpha value is -1.50. The molecule has 1 unspecified atom stereocenters. The normalized spacial score (nSPS) is 22.6. The summed E-state index contributed by atoms with van der Waals surface area (Å²) < 4.78 is 10.3. The van der Waals surface area contributed by atoms with Crippen LogP contribution in [0, 0.1) is 0 Å². The predicted octanol–water partition coefficient (Wildman–Crippen LogP) is 2.89. The first-order valence-corrected chi connectivity index (χ1v) is 8.78. The van der Waals surface area contributed by atoms with Gasteiger partial charge in [0.2, 0.25) is 0 Å². The lowest BCUT2D eigenvalue weighted by Crippen LogP contribution is -2.50. The molecule has 0 saturated heterocycles. The van der Waals surface area contributed by atoms with Gasteiger partial charge in [-0.3, -0.25) is 5.32 Å². The fourth-order valence-corrected chi connectivity index (χ4v) is 2.70. The molecule has 0 bridgehead atoms. The van der Waals surface area contributed by atoms with Crippen LogP contribution in [0.15, 0.2) is 0 Å². The SMILES string of the molecule is CC(NC(=O)OC(C)C)N[C@H]1CC[C@H](NC(=O)OC(C)(C)C)CC1. The molecule has 0 aromatic rings. The molecule has 1 atom stereocenters. The molecule has 140 valence electrons. The van der Waals surface area contributed by atoms with Crippen LogP contribution >= 0.6 is 0 Å². The molecule has 0 spiro atoms. The van der Waals surface area contributed by atoms with Crippen molar-refractivity contribution in [3.63, 3.8) is 0 Å². The van der Waals surface area contributed by atoms with E-state index >= 15 is 0 Å². The summed E-state index contributed by atoms with van der Waals surface area (Å²) in [6.45, 7) is 11.1. The molecule has 0 aromatic heterocycles. The van der Waals surface area contributed by atoms with Gasteiger partial charge in [0, 0.05) is 12.1 Å². The third kappa shape index (κ3) is 8.96. The van der Waals surface area contributed by atoms with Gasteiger partial charge in [0.1, 0.15) is 5.60 Å². The Morgan fingerprint density at radius 2 is 1.50 bits per heavy atom. The number of hydrogen-bond acceptors (Lipinski definition) is 5. The Kier molecular flexibility index (Phi) is 7.79. The molecular formula is C17H33N3O4. The lowest BCUT2D eigenvalue weighted by Gasteiger charge is -2.32. The quantitative estimate of drug-likeness (QED) is 0.668. The van der Waals surface area contributed by atoms with E-state index in [9.17, 15) is 9.59 Å². The van der Waals surface area contributed by atoms with Crippen LogP contribution in [0.2, 0.25) is 0 Å². The van der Waals surface area contributed by atoms with Crippen molar-refractivity contribution in [2.24, 2.45) is 0 Å². The molecule has 1 aliphatic carbocycles. The van der Waals surface area contributed by atoms with Crippen LogP contribution in [0.4, 0.5) is 9.59 Å². The largest absolute Gasteiger partial charge is 0.447 e. The maximum atomic E-state index is 11.8. The van der Waals surface area contributed by atoms with Gasteiger partial charge in [0.15, 0.2) is 0 Å². The molecule has 0 aromatic carbocycles. The van der Waals surface area contributed by atoms with Gasteiger partial charge >= 0.3 is 12.2 Å². The highest BCUT2D eigenvalue weighted by atomic mass is 16.6. The summed E-state index contributed by atoms with van der Waals surface area (Å²) in [6.07, 6.45) is 2.59. The summed E-state index contributed by atoms with van der Waals surface area (Å²) in [5.41, 5.74) is -0.478. The standard InChI is InChI=1S/C17H33N3O4/c1-11(2)23-15(21)19-12(3)18-13-7-9-14(10-8-13)20-16(22)24-17(4,5)6/h11-14,18H,7-10H2,1-6H3,(H,19,21)(H,20,22)/t12?,13-,14-. The average molecular weight is 343 g/mol. The number of carbonyl (C=O) groups excluding carboxylic acids is 2. The minimum absolute atomic E-state index is 0.133. The van der Waals surface area contributed by atoms with Crippen LogP contribution in [0.3, 0.4) is 0 Å². The number of ether oxygens (including phenoxy) is 2. The van der Waals surface area contributed by atoms with Crippen LogP contribution in [0.5, 0.6) is 0 Å². The summed E-state index contributed by atoms with van der Waals surface area (Å²) in [4.78, 5) is 23.3. The summed E-state index contributed by atoms with van der Waals surface area (Å²) in [5.74, 6) is 0. The molecule has 0 heterocycles. The van der Waals surface area contributed by atoms with E-state index < -0.39 is 11.7 Å². The first-order chi connectivity index (χ1) is 11.0. The Bertz CT molecular complexity index is 413. The zero-order valence-electron chi connectivity index (χ0n) is 15.8. The van der Waals surface area contributed by atoms with Gasteiger partial charge < -0.3 is 20.1 Å². The predicted molar refractivity (Wildman–Crippen MR) is 92.8 cm³/mol. The van der Waals surface area contributed by atoms with E-state index in [0.29, 0.717) is 6.04 Å². The Morgan fingerprint density at radius 3 is 2.00 bits per heavy atom. The van der Waals surface area contributed by atoms with E-state index in [1.165, 1.54) is 0 Å². The summed E-state index contributed by atoms with van der Waals surface area (Å²) in [7, 11) is 0. The number of alkyl carbamates (subject to hydrolysis) is 2. The number of carbonyl (C=O) groups is 2. The van der Waals surface area contributed by atoms with Gasteiger partial charge in [-0.2, -0.15) is 0 Å². The first kappa shape index (κ1) is 20.5. The summed E-state index contributed by atoms with van der Waals surface area (Å²) >= 11 is 0. The van der Waals surface area contributed by atoms with E-state index in [2.05, 4.69) is 16.0 Å². The molecule has 0 radical (unpaired) electrons. The van der Waals surface area contributed by atoms with Crippen molar-refractivity contribution < 1.29 is 19.1 Å². The molecule has 3 N–H and O–H groups in total. The van der Waals surface area contributed by atoms with Crippen molar-refractivity contribution in [3.05, 3.63) is 0 Å². The molecule has 1 aliphatic rings. The van der Waals surface area contributed by atoms with Gasteiger partial charge in [0.05, 0.1) is 12.3 Å². The van der Waals surface area contributed by atoms with Gasteiger partial charge in [-0.05, 0) is 67.2 Å². The van der Waals surface area contributed by atoms with Gasteiger partial charge in [-0.25, -0.2) is 9.59 Å². The topological polar surface area (TPSA) is 88.7 Å². The number of nitrogens with one attached hydrogen (secondary N) is 3. The molecule has 7 nitrogen and oxygen atoms in total. The minimum Gasteiger partial charge on any atom is -0.447 e. The van der Waals surface area contributed by atoms with E-state index in [0.717, 1.165) is 25.7 Å². The molecule has 24 heavy (non-hydrogen) atoms. The van der Waals surface area contributed by atoms with Crippen LogP contribution in [-0.4, -0.2) is 42.1 Å². The van der Waals surface area contributed by atoms with E-state index in [-0.39, 0.29) is 24.4 Å². The fraction of sp³-hybridized carbons (Fsp3) is 0.882. The third-order valence-electron chi connectivity index (χ3n) is 3.61. The molecule has 7 heteroatoms. The Balaban J connectivity index is 2.25. The number of amides is 2. The second-order valence-corrected chi connectivity index (χ2v) is 7.68. The number of hydrogen-bond donors (Lipinski definition) is 3. The highest BCUT2D eigenvalue weighted by Crippen LogP contribution is 2.19. The second kappa shape index (κ2) is 9.11. The van der Waals surface area contributed by atoms with Crippen molar-refractivity contribution in [1.29, 1.82) is 0 Å². The summed E-state index contributed by atoms with van der Waals surface area (Å²) in [5, 5.41) is 9.07. The van der Waals surface area contributed by atoms with Crippen molar-refractivity contribution in [3.8, 4) is 0 Å². The van der Waals surface area contributed by atoms with Crippen molar-refractivity contribution >= 4 is 12.2 Å². The molecule has 1 saturated carbocycles. The van der Waals surface area contributed by atoms with Crippen LogP contribution in [0.25, 0.3) is 0 Å². The molecule has 2 amide bonds. The Labute approximate surface area is 145 Å². The first-order valence-electron chi connectivity index (χ1n) is 8.78. The van der Waals surface area contributed by atoms with E-state index in [1.807, 2.05) is 41.5 Å². The molecular weight excluding hydrogens is 310 g/mol. The maximum absolute atomic E-state index is 11.8. The van der Waals surface area contributed by atoms with E-state index in [4.69, 9.17) is 9.47 Å². The third-order valence-corrected chi connectivity index (χ3v) is 3.61. The lowest BCUT2D eigenvalue weighted by molar-refractivity contribution is 0.0488. The minimum atomic E-state index is -0.478. The van der Waals surface area contributed by atoms with Crippen molar-refractivity contribution in [1.82, 2.24) is 16.0 Å². The second-order valence-electron chi connectivity index (χ2n) is 7.68. The lowest BCUT2D eigenvalue weighted by atomic mass is 9.91. The zero-order chi connectivity index (χ0) is 18.3. The van der Waals surface area contributed by atoms with Gasteiger partial charge in [-0.1, -0.05) is 0 Å². The zero-order valence-corrected chi connectivity index (χ0v) is 15.8. The van der Waals surface area contributed by atoms with Gasteiger partial charge in [0.25, 0.3) is 0 Å². The van der Waals surface area contributed by atoms with E-state index in [1.54, 1.807) is 0 Å². The van der Waals surface area contributed by atoms with Crippen LogP contribution < -0.4 is 16.0 Å². The fourth-order valence-electron chi connectivity index (χ4n) is 2.70. The van der Waals surface area contributed by atoms with Gasteiger partial charge in [-0.15, -0.1) is 0 Å². The average Bonchev–Trinajstić information content (AvgIpc) is 2.37. The maximum Gasteiger partial charge on any atom is 0.408 e.